The molecule has 268 valence electrons. The summed E-state index contributed by atoms with van der Waals surface area (Å²) in [6, 6.07) is 18.1. The van der Waals surface area contributed by atoms with E-state index in [1.807, 2.05) is 24.3 Å². The van der Waals surface area contributed by atoms with Gasteiger partial charge in [-0.1, -0.05) is 42.5 Å². The molecule has 0 saturated carbocycles. The summed E-state index contributed by atoms with van der Waals surface area (Å²) in [5.74, 6) is -1.34. The van der Waals surface area contributed by atoms with Crippen molar-refractivity contribution in [3.8, 4) is 11.3 Å². The Kier molecular flexibility index (Phi) is 10.0. The molecule has 3 aromatic carbocycles. The summed E-state index contributed by atoms with van der Waals surface area (Å²) in [7, 11) is 0. The number of aryl methyl sites for hydroxylation is 1. The topological polar surface area (TPSA) is 100 Å². The number of benzene rings is 3. The van der Waals surface area contributed by atoms with Crippen molar-refractivity contribution in [1.29, 1.82) is 0 Å². The number of amides is 2. The normalized spacial score (nSPS) is 17.8. The molecule has 1 unspecified atom stereocenters. The minimum Gasteiger partial charge on any atom is -0.361 e. The molecular weight excluding hydrogens is 672 g/mol. The van der Waals surface area contributed by atoms with Crippen LogP contribution in [-0.4, -0.2) is 45.0 Å². The predicted octanol–water partition coefficient (Wildman–Crippen LogP) is 8.29. The van der Waals surface area contributed by atoms with Crippen LogP contribution in [0.5, 0.6) is 0 Å². The van der Waals surface area contributed by atoms with Gasteiger partial charge in [-0.25, -0.2) is 17.6 Å². The molecule has 8 nitrogen and oxygen atoms in total. The van der Waals surface area contributed by atoms with Crippen molar-refractivity contribution in [3.05, 3.63) is 118 Å². The SMILES string of the molecule is Cc1nnc(N[C@H](C)c2cccc(C(F)F)c2F)c2cc(-c3ccc(F)c(CN4CCC(c5ccc(C6CCC(=O)NC6=O)cc5)CC4)c3)ncc12. The number of nitrogens with one attached hydrogen (secondary N) is 2. The van der Waals surface area contributed by atoms with Crippen LogP contribution in [0.25, 0.3) is 22.0 Å². The van der Waals surface area contributed by atoms with Crippen LogP contribution in [0.3, 0.4) is 0 Å². The number of aromatic nitrogens is 3. The van der Waals surface area contributed by atoms with Gasteiger partial charge in [0.1, 0.15) is 11.6 Å². The number of piperidine rings is 2. The molecule has 4 heterocycles. The molecule has 7 rings (SSSR count). The lowest BCUT2D eigenvalue weighted by atomic mass is 9.86. The number of anilines is 1. The van der Waals surface area contributed by atoms with E-state index in [4.69, 9.17) is 0 Å². The van der Waals surface area contributed by atoms with E-state index in [9.17, 15) is 22.8 Å². The zero-order valence-corrected chi connectivity index (χ0v) is 28.8. The van der Waals surface area contributed by atoms with Gasteiger partial charge in [-0.3, -0.25) is 24.8 Å². The fourth-order valence-electron chi connectivity index (χ4n) is 7.32. The van der Waals surface area contributed by atoms with E-state index in [1.165, 1.54) is 23.8 Å². The van der Waals surface area contributed by atoms with Crippen molar-refractivity contribution in [1.82, 2.24) is 25.4 Å². The monoisotopic (exact) mass is 710 g/mol. The van der Waals surface area contributed by atoms with Crippen molar-refractivity contribution in [2.24, 2.45) is 0 Å². The van der Waals surface area contributed by atoms with Gasteiger partial charge in [0.05, 0.1) is 28.9 Å². The lowest BCUT2D eigenvalue weighted by Crippen LogP contribution is -2.39. The van der Waals surface area contributed by atoms with E-state index < -0.39 is 23.8 Å². The Morgan fingerprint density at radius 3 is 2.37 bits per heavy atom. The summed E-state index contributed by atoms with van der Waals surface area (Å²) in [5, 5.41) is 15.5. The number of nitrogens with zero attached hydrogens (tertiary/aromatic N) is 4. The maximum absolute atomic E-state index is 15.2. The van der Waals surface area contributed by atoms with E-state index in [1.54, 1.807) is 26.1 Å². The van der Waals surface area contributed by atoms with E-state index in [0.29, 0.717) is 64.4 Å². The average molecular weight is 711 g/mol. The van der Waals surface area contributed by atoms with Crippen molar-refractivity contribution >= 4 is 28.4 Å². The Morgan fingerprint density at radius 2 is 1.63 bits per heavy atom. The highest BCUT2D eigenvalue weighted by molar-refractivity contribution is 6.01. The van der Waals surface area contributed by atoms with E-state index in [0.717, 1.165) is 37.6 Å². The van der Waals surface area contributed by atoms with Crippen molar-refractivity contribution < 1.29 is 27.2 Å². The van der Waals surface area contributed by atoms with Crippen LogP contribution in [-0.2, 0) is 16.1 Å². The molecule has 2 N–H and O–H groups in total. The van der Waals surface area contributed by atoms with Crippen LogP contribution in [0.1, 0.15) is 90.4 Å². The number of fused-ring (bicyclic) bond motifs is 1. The third-order valence-corrected chi connectivity index (χ3v) is 10.3. The number of halogens is 4. The first-order valence-electron chi connectivity index (χ1n) is 17.5. The second kappa shape index (κ2) is 14.8. The second-order valence-electron chi connectivity index (χ2n) is 13.7. The first-order valence-corrected chi connectivity index (χ1v) is 17.5. The fourth-order valence-corrected chi connectivity index (χ4v) is 7.32. The summed E-state index contributed by atoms with van der Waals surface area (Å²) in [6.07, 6.45) is 1.43. The molecule has 2 saturated heterocycles. The van der Waals surface area contributed by atoms with Crippen LogP contribution >= 0.6 is 0 Å². The maximum Gasteiger partial charge on any atom is 0.266 e. The number of pyridine rings is 1. The largest absolute Gasteiger partial charge is 0.361 e. The van der Waals surface area contributed by atoms with Gasteiger partial charge < -0.3 is 5.32 Å². The molecule has 2 atom stereocenters. The zero-order chi connectivity index (χ0) is 36.5. The third-order valence-electron chi connectivity index (χ3n) is 10.3. The van der Waals surface area contributed by atoms with Gasteiger partial charge in [-0.15, -0.1) is 5.10 Å². The van der Waals surface area contributed by atoms with Gasteiger partial charge >= 0.3 is 0 Å². The Labute approximate surface area is 298 Å². The second-order valence-corrected chi connectivity index (χ2v) is 13.7. The number of imide groups is 1. The predicted molar refractivity (Wildman–Crippen MR) is 190 cm³/mol. The van der Waals surface area contributed by atoms with Gasteiger partial charge in [0.2, 0.25) is 11.8 Å². The number of hydrogen-bond donors (Lipinski definition) is 2. The molecule has 0 spiro atoms. The standard InChI is InChI=1S/C40H38F4N6O2/c1-22(29-4-3-5-31(37(29)42)38(43)44)46-39-32-19-35(45-20-33(32)23(2)48-49-39)27-10-12-34(41)28(18-27)21-50-16-14-25(15-17-50)24-6-8-26(9-7-24)30-11-13-36(51)47-40(30)52/h3-10,12,18-20,22,25,30,38H,11,13-17,21H2,1-2H3,(H,46,49)(H,47,51,52)/t22-,30?/m1/s1. The number of alkyl halides is 2. The van der Waals surface area contributed by atoms with Crippen molar-refractivity contribution in [3.63, 3.8) is 0 Å². The number of rotatable bonds is 9. The molecule has 12 heteroatoms. The molecule has 2 amide bonds. The molecule has 52 heavy (non-hydrogen) atoms. The molecular formula is C40H38F4N6O2. The Bertz CT molecular complexity index is 2140. The van der Waals surface area contributed by atoms with E-state index >= 15 is 4.39 Å². The van der Waals surface area contributed by atoms with Gasteiger partial charge in [-0.05, 0) is 87.5 Å². The summed E-state index contributed by atoms with van der Waals surface area (Å²) < 4.78 is 56.9. The highest BCUT2D eigenvalue weighted by Crippen LogP contribution is 2.34. The highest BCUT2D eigenvalue weighted by atomic mass is 19.3. The van der Waals surface area contributed by atoms with Gasteiger partial charge in [0.15, 0.2) is 5.82 Å². The number of hydrogen-bond acceptors (Lipinski definition) is 7. The van der Waals surface area contributed by atoms with Crippen molar-refractivity contribution in [2.75, 3.05) is 18.4 Å². The lowest BCUT2D eigenvalue weighted by molar-refractivity contribution is -0.134. The lowest BCUT2D eigenvalue weighted by Gasteiger charge is -2.32. The van der Waals surface area contributed by atoms with Crippen LogP contribution in [0.2, 0.25) is 0 Å². The number of carbonyl (C=O) groups excluding carboxylic acids is 2. The van der Waals surface area contributed by atoms with Gasteiger partial charge in [-0.2, -0.15) is 5.10 Å². The van der Waals surface area contributed by atoms with E-state index in [-0.39, 0.29) is 29.1 Å². The van der Waals surface area contributed by atoms with Crippen LogP contribution in [0, 0.1) is 18.6 Å². The first kappa shape index (κ1) is 35.2. The summed E-state index contributed by atoms with van der Waals surface area (Å²) >= 11 is 0. The Hall–Kier alpha value is -5.23. The molecule has 0 radical (unpaired) electrons. The quantitative estimate of drug-likeness (QED) is 0.117. The molecule has 0 aliphatic carbocycles. The van der Waals surface area contributed by atoms with Crippen LogP contribution in [0.15, 0.2) is 72.9 Å². The first-order chi connectivity index (χ1) is 25.0. The molecule has 2 fully saturated rings. The van der Waals surface area contributed by atoms with Gasteiger partial charge in [0, 0.05) is 46.6 Å². The summed E-state index contributed by atoms with van der Waals surface area (Å²) in [4.78, 5) is 30.7. The molecule has 2 aromatic heterocycles. The number of carbonyl (C=O) groups is 2. The Balaban J connectivity index is 1.05. The summed E-state index contributed by atoms with van der Waals surface area (Å²) in [5.41, 5.74) is 4.03. The maximum atomic E-state index is 15.2. The number of likely N-dealkylation sites (tertiary alicyclic amines) is 1. The third kappa shape index (κ3) is 7.25. The smallest absolute Gasteiger partial charge is 0.266 e. The van der Waals surface area contributed by atoms with Gasteiger partial charge in [0.25, 0.3) is 6.43 Å². The average Bonchev–Trinajstić information content (AvgIpc) is 3.14. The highest BCUT2D eigenvalue weighted by Gasteiger charge is 2.29. The van der Waals surface area contributed by atoms with Crippen LogP contribution in [0.4, 0.5) is 23.4 Å². The Morgan fingerprint density at radius 1 is 0.904 bits per heavy atom. The van der Waals surface area contributed by atoms with Crippen molar-refractivity contribution in [2.45, 2.75) is 70.4 Å². The zero-order valence-electron chi connectivity index (χ0n) is 28.8. The minimum absolute atomic E-state index is 0.0810. The summed E-state index contributed by atoms with van der Waals surface area (Å²) in [6.45, 7) is 5.49. The van der Waals surface area contributed by atoms with E-state index in [2.05, 4.69) is 42.8 Å². The molecule has 2 aliphatic rings. The van der Waals surface area contributed by atoms with Crippen LogP contribution < -0.4 is 10.6 Å². The molecule has 0 bridgehead atoms. The molecule has 2 aliphatic heterocycles. The minimum atomic E-state index is -2.94. The fraction of sp³-hybridized carbons (Fsp3) is 0.325. The molecule has 5 aromatic rings.